The average molecular weight is 373 g/mol. The topological polar surface area (TPSA) is 49.9 Å². The summed E-state index contributed by atoms with van der Waals surface area (Å²) in [5.41, 5.74) is -0.587. The molecule has 22 heavy (non-hydrogen) atoms. The molecule has 0 aromatic rings. The number of amides is 2. The third kappa shape index (κ3) is 2.80. The van der Waals surface area contributed by atoms with Gasteiger partial charge in [0, 0.05) is 10.9 Å². The van der Waals surface area contributed by atoms with Gasteiger partial charge in [0.05, 0.1) is 12.1 Å². The van der Waals surface area contributed by atoms with Crippen LogP contribution in [0.3, 0.4) is 0 Å². The molecule has 2 amide bonds. The van der Waals surface area contributed by atoms with Crippen LogP contribution in [0, 0.1) is 0 Å². The number of halogens is 1. The smallest absolute Gasteiger partial charge is 0.417 e. The van der Waals surface area contributed by atoms with Crippen LogP contribution in [0.1, 0.15) is 52.9 Å². The molecule has 0 radical (unpaired) electrons. The summed E-state index contributed by atoms with van der Waals surface area (Å²) in [5, 5.41) is 0. The molecule has 0 aromatic carbocycles. The van der Waals surface area contributed by atoms with E-state index in [0.29, 0.717) is 0 Å². The molecule has 3 rings (SSSR count). The highest BCUT2D eigenvalue weighted by atomic mass is 79.9. The Morgan fingerprint density at radius 1 is 1.23 bits per heavy atom. The Kier molecular flexibility index (Phi) is 4.27. The van der Waals surface area contributed by atoms with E-state index < -0.39 is 11.7 Å². The number of alkyl halides is 1. The van der Waals surface area contributed by atoms with Gasteiger partial charge < -0.3 is 4.74 Å². The molecule has 0 N–H and O–H groups in total. The van der Waals surface area contributed by atoms with Gasteiger partial charge in [-0.1, -0.05) is 22.4 Å². The second-order valence-corrected chi connectivity index (χ2v) is 8.77. The van der Waals surface area contributed by atoms with E-state index in [4.69, 9.17) is 4.74 Å². The van der Waals surface area contributed by atoms with E-state index in [1.807, 2.05) is 20.8 Å². The number of piperazine rings is 1. The SMILES string of the molecule is CC(C)(C)OC(=O)N1C(=O)[C@@H]2CCCN2[C@@H]2CCC[C@@H](Br)[C@@H]21. The Morgan fingerprint density at radius 2 is 1.95 bits per heavy atom. The number of imide groups is 1. The molecule has 2 saturated heterocycles. The van der Waals surface area contributed by atoms with Crippen molar-refractivity contribution in [2.75, 3.05) is 6.54 Å². The predicted molar refractivity (Wildman–Crippen MR) is 87.0 cm³/mol. The van der Waals surface area contributed by atoms with Gasteiger partial charge in [0.1, 0.15) is 5.60 Å². The minimum absolute atomic E-state index is 0.0700. The zero-order valence-electron chi connectivity index (χ0n) is 13.5. The van der Waals surface area contributed by atoms with Crippen LogP contribution in [0.4, 0.5) is 4.79 Å². The van der Waals surface area contributed by atoms with Crippen LogP contribution < -0.4 is 0 Å². The van der Waals surface area contributed by atoms with Crippen LogP contribution in [0.25, 0.3) is 0 Å². The second kappa shape index (κ2) is 5.78. The third-order valence-corrected chi connectivity index (χ3v) is 5.88. The van der Waals surface area contributed by atoms with Gasteiger partial charge in [-0.05, 0) is 53.0 Å². The lowest BCUT2D eigenvalue weighted by Crippen LogP contribution is -2.69. The van der Waals surface area contributed by atoms with Crippen molar-refractivity contribution in [3.63, 3.8) is 0 Å². The summed E-state index contributed by atoms with van der Waals surface area (Å²) in [6, 6.07) is 0.0351. The lowest BCUT2D eigenvalue weighted by Gasteiger charge is -2.51. The molecule has 1 saturated carbocycles. The van der Waals surface area contributed by atoms with E-state index in [0.717, 1.165) is 38.6 Å². The van der Waals surface area contributed by atoms with Crippen molar-refractivity contribution >= 4 is 27.9 Å². The number of rotatable bonds is 0. The molecule has 0 unspecified atom stereocenters. The van der Waals surface area contributed by atoms with Crippen LogP contribution in [-0.2, 0) is 9.53 Å². The van der Waals surface area contributed by atoms with E-state index in [1.54, 1.807) is 0 Å². The molecule has 1 aliphatic carbocycles. The number of fused-ring (bicyclic) bond motifs is 3. The summed E-state index contributed by atoms with van der Waals surface area (Å²) >= 11 is 3.71. The fourth-order valence-electron chi connectivity index (χ4n) is 4.08. The highest BCUT2D eigenvalue weighted by molar-refractivity contribution is 9.09. The van der Waals surface area contributed by atoms with Crippen molar-refractivity contribution in [1.29, 1.82) is 0 Å². The minimum Gasteiger partial charge on any atom is -0.443 e. The molecule has 3 fully saturated rings. The number of hydrogen-bond donors (Lipinski definition) is 0. The van der Waals surface area contributed by atoms with Crippen molar-refractivity contribution < 1.29 is 14.3 Å². The van der Waals surface area contributed by atoms with E-state index in [2.05, 4.69) is 20.8 Å². The Hall–Kier alpha value is -0.620. The maximum absolute atomic E-state index is 12.9. The van der Waals surface area contributed by atoms with Gasteiger partial charge >= 0.3 is 6.09 Å². The van der Waals surface area contributed by atoms with Gasteiger partial charge in [-0.15, -0.1) is 0 Å². The summed E-state index contributed by atoms with van der Waals surface area (Å²) in [6.07, 6.45) is 4.59. The molecule has 4 atom stereocenters. The first-order valence-electron chi connectivity index (χ1n) is 8.25. The van der Waals surface area contributed by atoms with Crippen molar-refractivity contribution in [2.24, 2.45) is 0 Å². The van der Waals surface area contributed by atoms with Crippen molar-refractivity contribution in [1.82, 2.24) is 9.80 Å². The van der Waals surface area contributed by atoms with Gasteiger partial charge in [0.25, 0.3) is 0 Å². The summed E-state index contributed by atoms with van der Waals surface area (Å²) in [5.74, 6) is -0.0700. The Morgan fingerprint density at radius 3 is 2.64 bits per heavy atom. The van der Waals surface area contributed by atoms with E-state index in [1.165, 1.54) is 4.90 Å². The van der Waals surface area contributed by atoms with Crippen LogP contribution in [0.15, 0.2) is 0 Å². The first-order chi connectivity index (χ1) is 10.3. The average Bonchev–Trinajstić information content (AvgIpc) is 2.88. The minimum atomic E-state index is -0.587. The molecule has 5 nitrogen and oxygen atoms in total. The number of carbonyl (C=O) groups excluding carboxylic acids is 2. The maximum Gasteiger partial charge on any atom is 0.417 e. The second-order valence-electron chi connectivity index (χ2n) is 7.59. The standard InChI is InChI=1S/C16H25BrN2O3/c1-16(2,3)22-15(21)19-13-10(17)6-4-7-11(13)18-9-5-8-12(18)14(19)20/h10-13H,4-9H2,1-3H3/t10-,11-,12+,13+/m1/s1. The monoisotopic (exact) mass is 372 g/mol. The highest BCUT2D eigenvalue weighted by Gasteiger charge is 2.54. The molecule has 124 valence electrons. The number of nitrogens with zero attached hydrogens (tertiary/aromatic N) is 2. The zero-order chi connectivity index (χ0) is 16.1. The fourth-order valence-corrected chi connectivity index (χ4v) is 4.99. The van der Waals surface area contributed by atoms with Crippen LogP contribution >= 0.6 is 15.9 Å². The summed E-state index contributed by atoms with van der Waals surface area (Å²) in [6.45, 7) is 6.49. The largest absolute Gasteiger partial charge is 0.443 e. The quantitative estimate of drug-likeness (QED) is 0.613. The molecule has 6 heteroatoms. The van der Waals surface area contributed by atoms with E-state index in [9.17, 15) is 9.59 Å². The Bertz CT molecular complexity index is 477. The zero-order valence-corrected chi connectivity index (χ0v) is 15.1. The van der Waals surface area contributed by atoms with Gasteiger partial charge in [-0.3, -0.25) is 9.69 Å². The van der Waals surface area contributed by atoms with Crippen LogP contribution in [0.2, 0.25) is 0 Å². The molecule has 2 heterocycles. The molecular formula is C16H25BrN2O3. The highest BCUT2D eigenvalue weighted by Crippen LogP contribution is 2.40. The van der Waals surface area contributed by atoms with Crippen molar-refractivity contribution in [3.8, 4) is 0 Å². The lowest BCUT2D eigenvalue weighted by atomic mass is 9.85. The molecule has 3 aliphatic rings. The molecule has 2 aliphatic heterocycles. The first-order valence-corrected chi connectivity index (χ1v) is 9.17. The van der Waals surface area contributed by atoms with Gasteiger partial charge in [0.2, 0.25) is 5.91 Å². The molecule has 0 spiro atoms. The van der Waals surface area contributed by atoms with E-state index in [-0.39, 0.29) is 28.9 Å². The fraction of sp³-hybridized carbons (Fsp3) is 0.875. The van der Waals surface area contributed by atoms with E-state index >= 15 is 0 Å². The lowest BCUT2D eigenvalue weighted by molar-refractivity contribution is -0.148. The summed E-state index contributed by atoms with van der Waals surface area (Å²) < 4.78 is 5.52. The third-order valence-electron chi connectivity index (χ3n) is 4.88. The van der Waals surface area contributed by atoms with Crippen molar-refractivity contribution in [3.05, 3.63) is 0 Å². The van der Waals surface area contributed by atoms with Crippen LogP contribution in [0.5, 0.6) is 0 Å². The number of hydrogen-bond acceptors (Lipinski definition) is 4. The maximum atomic E-state index is 12.9. The van der Waals surface area contributed by atoms with Gasteiger partial charge in [-0.2, -0.15) is 0 Å². The number of carbonyl (C=O) groups is 2. The van der Waals surface area contributed by atoms with Gasteiger partial charge in [0.15, 0.2) is 0 Å². The molecular weight excluding hydrogens is 348 g/mol. The Labute approximate surface area is 140 Å². The summed E-state index contributed by atoms with van der Waals surface area (Å²) in [4.78, 5) is 29.5. The molecule has 0 bridgehead atoms. The molecule has 0 aromatic heterocycles. The number of ether oxygens (including phenoxy) is 1. The van der Waals surface area contributed by atoms with Crippen molar-refractivity contribution in [2.45, 2.75) is 81.4 Å². The Balaban J connectivity index is 1.91. The summed E-state index contributed by atoms with van der Waals surface area (Å²) in [7, 11) is 0. The predicted octanol–water partition coefficient (Wildman–Crippen LogP) is 2.91. The van der Waals surface area contributed by atoms with Crippen LogP contribution in [-0.4, -0.2) is 56.9 Å². The normalized spacial score (nSPS) is 36.0. The van der Waals surface area contributed by atoms with Gasteiger partial charge in [-0.25, -0.2) is 9.69 Å². The first kappa shape index (κ1) is 16.2.